The number of carbonyl (C=O) groups excluding carboxylic acids is 4. The number of benzene rings is 3. The molecular formula is C37H37N3O7. The predicted molar refractivity (Wildman–Crippen MR) is 174 cm³/mol. The van der Waals surface area contributed by atoms with Gasteiger partial charge in [-0.1, -0.05) is 85.0 Å². The van der Waals surface area contributed by atoms with Crippen LogP contribution in [0.4, 0.5) is 5.69 Å². The number of aliphatic hydroxyl groups is 1. The molecule has 3 amide bonds. The summed E-state index contributed by atoms with van der Waals surface area (Å²) in [6.45, 7) is 1.52. The van der Waals surface area contributed by atoms with E-state index in [1.165, 1.54) is 4.90 Å². The average Bonchev–Trinajstić information content (AvgIpc) is 3.74. The Hall–Kier alpha value is -4.80. The number of ether oxygens (including phenoxy) is 2. The van der Waals surface area contributed by atoms with Crippen LogP contribution in [0.2, 0.25) is 0 Å². The van der Waals surface area contributed by atoms with E-state index in [1.807, 2.05) is 84.9 Å². The lowest BCUT2D eigenvalue weighted by molar-refractivity contribution is -0.160. The molecular weight excluding hydrogens is 598 g/mol. The summed E-state index contributed by atoms with van der Waals surface area (Å²) in [6, 6.07) is 20.8. The van der Waals surface area contributed by atoms with Crippen molar-refractivity contribution in [2.24, 2.45) is 11.8 Å². The van der Waals surface area contributed by atoms with Gasteiger partial charge in [0, 0.05) is 18.7 Å². The van der Waals surface area contributed by atoms with Crippen molar-refractivity contribution in [3.05, 3.63) is 103 Å². The Balaban J connectivity index is 1.32. The largest absolute Gasteiger partial charge is 0.455 e. The molecule has 4 aliphatic rings. The lowest BCUT2D eigenvalue weighted by Gasteiger charge is -2.37. The standard InChI is InChI=1S/C37H37N3O7/c1-23(22-41)40-33-35(44)39(27-16-15-24-10-7-8-13-26(24)20-27)19-9-3-6-14-30(42)38-21-29(25-11-4-2-5-12-25)46-36(45)31-28-17-18-37(33,47-28)32(31)34(40)43/h2-5,7-13,15-18,20,23,28-29,31-33,41H,6,14,19,21-22H2,1H3,(H,38,42)/b9-3-/t23-,28+,29+,31-,32-,33+,37-/m1/s1. The van der Waals surface area contributed by atoms with Crippen molar-refractivity contribution in [3.63, 3.8) is 0 Å². The summed E-state index contributed by atoms with van der Waals surface area (Å²) in [7, 11) is 0. The number of nitrogens with one attached hydrogen (secondary N) is 1. The van der Waals surface area contributed by atoms with E-state index >= 15 is 0 Å². The Morgan fingerprint density at radius 3 is 2.51 bits per heavy atom. The summed E-state index contributed by atoms with van der Waals surface area (Å²) in [5.41, 5.74) is -0.119. The van der Waals surface area contributed by atoms with Crippen LogP contribution in [0.5, 0.6) is 0 Å². The molecule has 3 aromatic carbocycles. The summed E-state index contributed by atoms with van der Waals surface area (Å²) >= 11 is 0. The quantitative estimate of drug-likeness (QED) is 0.332. The summed E-state index contributed by atoms with van der Waals surface area (Å²) in [5.74, 6) is -3.76. The molecule has 0 saturated carbocycles. The maximum Gasteiger partial charge on any atom is 0.313 e. The molecule has 1 spiro atoms. The molecule has 242 valence electrons. The minimum absolute atomic E-state index is 0.0562. The summed E-state index contributed by atoms with van der Waals surface area (Å²) in [5, 5.41) is 15.1. The van der Waals surface area contributed by atoms with Crippen LogP contribution >= 0.6 is 0 Å². The van der Waals surface area contributed by atoms with E-state index in [1.54, 1.807) is 24.0 Å². The number of cyclic esters (lactones) is 1. The van der Waals surface area contributed by atoms with Crippen LogP contribution in [0.1, 0.15) is 31.4 Å². The van der Waals surface area contributed by atoms with Crippen LogP contribution in [-0.4, -0.2) is 77.2 Å². The molecule has 10 nitrogen and oxygen atoms in total. The highest BCUT2D eigenvalue weighted by molar-refractivity contribution is 6.06. The fourth-order valence-electron chi connectivity index (χ4n) is 7.46. The Morgan fingerprint density at radius 1 is 0.957 bits per heavy atom. The van der Waals surface area contributed by atoms with Crippen molar-refractivity contribution in [1.29, 1.82) is 0 Å². The Kier molecular flexibility index (Phi) is 8.15. The van der Waals surface area contributed by atoms with Crippen LogP contribution in [0.3, 0.4) is 0 Å². The normalized spacial score (nSPS) is 30.7. The van der Waals surface area contributed by atoms with E-state index in [0.29, 0.717) is 17.7 Å². The van der Waals surface area contributed by atoms with Crippen LogP contribution in [0, 0.1) is 11.8 Å². The molecule has 4 heterocycles. The van der Waals surface area contributed by atoms with Crippen molar-refractivity contribution in [3.8, 4) is 0 Å². The molecule has 0 aromatic heterocycles. The second-order valence-electron chi connectivity index (χ2n) is 12.6. The van der Waals surface area contributed by atoms with Gasteiger partial charge in [0.15, 0.2) is 0 Å². The second-order valence-corrected chi connectivity index (χ2v) is 12.6. The molecule has 5 bridgehead atoms. The molecule has 3 aromatic rings. The monoisotopic (exact) mass is 635 g/mol. The summed E-state index contributed by atoms with van der Waals surface area (Å²) in [4.78, 5) is 59.2. The van der Waals surface area contributed by atoms with Crippen LogP contribution in [-0.2, 0) is 28.7 Å². The minimum Gasteiger partial charge on any atom is -0.455 e. The van der Waals surface area contributed by atoms with Crippen LogP contribution in [0.15, 0.2) is 97.1 Å². The van der Waals surface area contributed by atoms with Crippen molar-refractivity contribution in [2.75, 3.05) is 24.6 Å². The number of carbonyl (C=O) groups is 4. The highest BCUT2D eigenvalue weighted by Gasteiger charge is 2.74. The number of aliphatic hydroxyl groups excluding tert-OH is 1. The van der Waals surface area contributed by atoms with Gasteiger partial charge >= 0.3 is 5.97 Å². The number of fused-ring (bicyclic) bond motifs is 3. The SMILES string of the molecule is C[C@H](CO)N1C(=O)[C@H]2[C@@H]3C(=O)O[C@H](c4ccccc4)CNC(=O)CC/C=C\CN(c4ccc5ccccc5c4)C(=O)[C@H]1[C@@]21C=C[C@@H]3O1. The first-order valence-electron chi connectivity index (χ1n) is 16.1. The highest BCUT2D eigenvalue weighted by Crippen LogP contribution is 2.56. The summed E-state index contributed by atoms with van der Waals surface area (Å²) in [6.07, 6.45) is 6.23. The molecule has 10 heteroatoms. The number of likely N-dealkylation sites (tertiary alicyclic amines) is 1. The van der Waals surface area contributed by atoms with Gasteiger partial charge in [0.1, 0.15) is 23.7 Å². The van der Waals surface area contributed by atoms with Crippen molar-refractivity contribution >= 4 is 40.2 Å². The Morgan fingerprint density at radius 2 is 1.72 bits per heavy atom. The van der Waals surface area contributed by atoms with E-state index in [4.69, 9.17) is 9.47 Å². The molecule has 0 radical (unpaired) electrons. The van der Waals surface area contributed by atoms with Gasteiger partial charge in [0.05, 0.1) is 31.2 Å². The predicted octanol–water partition coefficient (Wildman–Crippen LogP) is 3.45. The van der Waals surface area contributed by atoms with Crippen molar-refractivity contribution in [1.82, 2.24) is 10.2 Å². The molecule has 0 unspecified atom stereocenters. The van der Waals surface area contributed by atoms with E-state index in [9.17, 15) is 24.3 Å². The van der Waals surface area contributed by atoms with E-state index in [0.717, 1.165) is 10.8 Å². The van der Waals surface area contributed by atoms with Gasteiger partial charge in [-0.05, 0) is 41.8 Å². The van der Waals surface area contributed by atoms with Crippen LogP contribution < -0.4 is 10.2 Å². The highest BCUT2D eigenvalue weighted by atomic mass is 16.6. The number of allylic oxidation sites excluding steroid dienone is 1. The zero-order chi connectivity index (χ0) is 32.7. The molecule has 47 heavy (non-hydrogen) atoms. The smallest absolute Gasteiger partial charge is 0.313 e. The molecule has 2 saturated heterocycles. The molecule has 7 rings (SSSR count). The summed E-state index contributed by atoms with van der Waals surface area (Å²) < 4.78 is 12.6. The first-order chi connectivity index (χ1) is 22.8. The van der Waals surface area contributed by atoms with E-state index in [2.05, 4.69) is 5.32 Å². The second kappa shape index (κ2) is 12.4. The number of anilines is 1. The number of nitrogens with zero attached hydrogens (tertiary/aromatic N) is 2. The average molecular weight is 636 g/mol. The van der Waals surface area contributed by atoms with Gasteiger partial charge in [-0.25, -0.2) is 0 Å². The Bertz CT molecular complexity index is 1770. The number of hydrogen-bond acceptors (Lipinski definition) is 7. The van der Waals surface area contributed by atoms with Gasteiger partial charge < -0.3 is 29.7 Å². The van der Waals surface area contributed by atoms with E-state index in [-0.39, 0.29) is 32.0 Å². The first-order valence-corrected chi connectivity index (χ1v) is 16.1. The fourth-order valence-corrected chi connectivity index (χ4v) is 7.46. The van der Waals surface area contributed by atoms with Crippen molar-refractivity contribution < 1.29 is 33.8 Å². The Labute approximate surface area is 272 Å². The third kappa shape index (κ3) is 5.31. The third-order valence-electron chi connectivity index (χ3n) is 9.77. The number of rotatable bonds is 4. The molecule has 2 N–H and O–H groups in total. The molecule has 4 aliphatic heterocycles. The number of esters is 1. The van der Waals surface area contributed by atoms with Gasteiger partial charge in [-0.2, -0.15) is 0 Å². The molecule has 7 atom stereocenters. The zero-order valence-corrected chi connectivity index (χ0v) is 26.0. The van der Waals surface area contributed by atoms with Gasteiger partial charge in [0.25, 0.3) is 5.91 Å². The fraction of sp³-hybridized carbons (Fsp3) is 0.351. The topological polar surface area (TPSA) is 125 Å². The maximum atomic E-state index is 14.9. The van der Waals surface area contributed by atoms with Gasteiger partial charge in [0.2, 0.25) is 11.8 Å². The number of amides is 3. The zero-order valence-electron chi connectivity index (χ0n) is 26.0. The minimum atomic E-state index is -1.44. The van der Waals surface area contributed by atoms with Gasteiger partial charge in [-0.15, -0.1) is 0 Å². The molecule has 0 aliphatic carbocycles. The van der Waals surface area contributed by atoms with E-state index < -0.39 is 59.5 Å². The van der Waals surface area contributed by atoms with Gasteiger partial charge in [-0.3, -0.25) is 19.2 Å². The first kappa shape index (κ1) is 30.8. The van der Waals surface area contributed by atoms with Crippen molar-refractivity contribution in [2.45, 2.75) is 49.7 Å². The number of hydrogen-bond donors (Lipinski definition) is 2. The lowest BCUT2D eigenvalue weighted by atomic mass is 9.74. The van der Waals surface area contributed by atoms with Crippen LogP contribution in [0.25, 0.3) is 10.8 Å². The maximum absolute atomic E-state index is 14.9. The lowest BCUT2D eigenvalue weighted by Crippen LogP contribution is -2.58. The molecule has 2 fully saturated rings. The third-order valence-corrected chi connectivity index (χ3v) is 9.77.